The number of nitrogens with zero attached hydrogens (tertiary/aromatic N) is 2. The largest absolute Gasteiger partial charge is 0.353 e. The quantitative estimate of drug-likeness (QED) is 0.839. The molecule has 5 nitrogen and oxygen atoms in total. The zero-order valence-corrected chi connectivity index (χ0v) is 13.2. The second kappa shape index (κ2) is 7.41. The molecule has 0 spiro atoms. The van der Waals surface area contributed by atoms with Gasteiger partial charge in [0.25, 0.3) is 0 Å². The van der Waals surface area contributed by atoms with Crippen LogP contribution in [-0.2, 0) is 4.79 Å². The zero-order valence-electron chi connectivity index (χ0n) is 13.2. The molecule has 2 N–H and O–H groups in total. The summed E-state index contributed by atoms with van der Waals surface area (Å²) in [6.07, 6.45) is 3.70. The van der Waals surface area contributed by atoms with Gasteiger partial charge in [0.2, 0.25) is 5.91 Å². The van der Waals surface area contributed by atoms with Gasteiger partial charge in [-0.15, -0.1) is 0 Å². The fourth-order valence-corrected chi connectivity index (χ4v) is 2.83. The Hall–Kier alpha value is -1.62. The Morgan fingerprint density at radius 3 is 3.05 bits per heavy atom. The number of aromatic nitrogens is 1. The molecular formula is C16H26N4O. The lowest BCUT2D eigenvalue weighted by Crippen LogP contribution is -2.55. The van der Waals surface area contributed by atoms with Crippen LogP contribution >= 0.6 is 0 Å². The van der Waals surface area contributed by atoms with Crippen LogP contribution in [0.15, 0.2) is 18.3 Å². The molecule has 21 heavy (non-hydrogen) atoms. The van der Waals surface area contributed by atoms with Gasteiger partial charge in [0.05, 0.1) is 0 Å². The van der Waals surface area contributed by atoms with Crippen molar-refractivity contribution in [3.63, 3.8) is 0 Å². The van der Waals surface area contributed by atoms with Crippen LogP contribution in [-0.4, -0.2) is 36.6 Å². The molecule has 1 aliphatic rings. The summed E-state index contributed by atoms with van der Waals surface area (Å²) in [5, 5.41) is 6.45. The summed E-state index contributed by atoms with van der Waals surface area (Å²) >= 11 is 0. The smallest absolute Gasteiger partial charge is 0.242 e. The summed E-state index contributed by atoms with van der Waals surface area (Å²) in [4.78, 5) is 18.8. The van der Waals surface area contributed by atoms with Crippen LogP contribution in [0.1, 0.15) is 45.2 Å². The Morgan fingerprint density at radius 1 is 1.52 bits per heavy atom. The van der Waals surface area contributed by atoms with Gasteiger partial charge in [0.15, 0.2) is 0 Å². The van der Waals surface area contributed by atoms with Gasteiger partial charge in [-0.2, -0.15) is 0 Å². The SMILES string of the molecule is CCCNC(C)c1cccnc1N1CCNC(=O)C1CC. The molecule has 1 aromatic heterocycles. The van der Waals surface area contributed by atoms with Gasteiger partial charge in [-0.05, 0) is 32.4 Å². The minimum atomic E-state index is -0.120. The van der Waals surface area contributed by atoms with Crippen LogP contribution in [0.25, 0.3) is 0 Å². The van der Waals surface area contributed by atoms with Crippen LogP contribution in [0.4, 0.5) is 5.82 Å². The molecule has 0 aromatic carbocycles. The molecule has 0 radical (unpaired) electrons. The van der Waals surface area contributed by atoms with Crippen molar-refractivity contribution in [1.82, 2.24) is 15.6 Å². The van der Waals surface area contributed by atoms with E-state index in [9.17, 15) is 4.79 Å². The molecule has 2 heterocycles. The second-order valence-electron chi connectivity index (χ2n) is 5.50. The summed E-state index contributed by atoms with van der Waals surface area (Å²) in [6.45, 7) is 8.83. The van der Waals surface area contributed by atoms with Gasteiger partial charge in [0.1, 0.15) is 11.9 Å². The predicted molar refractivity (Wildman–Crippen MR) is 85.4 cm³/mol. The first-order valence-electron chi connectivity index (χ1n) is 7.91. The molecular weight excluding hydrogens is 264 g/mol. The van der Waals surface area contributed by atoms with Gasteiger partial charge in [-0.25, -0.2) is 4.98 Å². The number of hydrogen-bond donors (Lipinski definition) is 2. The number of anilines is 1. The Morgan fingerprint density at radius 2 is 2.33 bits per heavy atom. The van der Waals surface area contributed by atoms with Crippen molar-refractivity contribution in [1.29, 1.82) is 0 Å². The summed E-state index contributed by atoms with van der Waals surface area (Å²) in [5.41, 5.74) is 1.17. The average molecular weight is 290 g/mol. The number of piperazine rings is 1. The normalized spacial score (nSPS) is 20.2. The van der Waals surface area contributed by atoms with E-state index in [-0.39, 0.29) is 18.0 Å². The summed E-state index contributed by atoms with van der Waals surface area (Å²) in [7, 11) is 0. The van der Waals surface area contributed by atoms with E-state index in [1.54, 1.807) is 0 Å². The maximum atomic E-state index is 12.1. The number of hydrogen-bond acceptors (Lipinski definition) is 4. The lowest BCUT2D eigenvalue weighted by molar-refractivity contribution is -0.123. The van der Waals surface area contributed by atoms with E-state index < -0.39 is 0 Å². The number of carbonyl (C=O) groups excluding carboxylic acids is 1. The molecule has 1 saturated heterocycles. The summed E-state index contributed by atoms with van der Waals surface area (Å²) in [5.74, 6) is 1.05. The van der Waals surface area contributed by atoms with Crippen molar-refractivity contribution < 1.29 is 4.79 Å². The Balaban J connectivity index is 2.27. The number of carbonyl (C=O) groups is 1. The topological polar surface area (TPSA) is 57.3 Å². The second-order valence-corrected chi connectivity index (χ2v) is 5.50. The van der Waals surface area contributed by atoms with Gasteiger partial charge in [0, 0.05) is 30.9 Å². The minimum absolute atomic E-state index is 0.106. The van der Waals surface area contributed by atoms with Gasteiger partial charge in [-0.3, -0.25) is 4.79 Å². The third kappa shape index (κ3) is 3.53. The van der Waals surface area contributed by atoms with E-state index >= 15 is 0 Å². The highest BCUT2D eigenvalue weighted by Crippen LogP contribution is 2.27. The maximum absolute atomic E-state index is 12.1. The van der Waals surface area contributed by atoms with Crippen LogP contribution in [0.5, 0.6) is 0 Å². The van der Waals surface area contributed by atoms with E-state index in [1.807, 2.05) is 19.2 Å². The van der Waals surface area contributed by atoms with Crippen molar-refractivity contribution in [2.24, 2.45) is 0 Å². The average Bonchev–Trinajstić information content (AvgIpc) is 2.52. The van der Waals surface area contributed by atoms with E-state index in [1.165, 1.54) is 5.56 Å². The lowest BCUT2D eigenvalue weighted by Gasteiger charge is -2.37. The van der Waals surface area contributed by atoms with E-state index in [0.29, 0.717) is 6.54 Å². The lowest BCUT2D eigenvalue weighted by atomic mass is 10.1. The van der Waals surface area contributed by atoms with Crippen LogP contribution in [0, 0.1) is 0 Å². The van der Waals surface area contributed by atoms with Crippen molar-refractivity contribution >= 4 is 11.7 Å². The van der Waals surface area contributed by atoms with E-state index in [2.05, 4.69) is 40.4 Å². The van der Waals surface area contributed by atoms with Crippen molar-refractivity contribution in [3.05, 3.63) is 23.9 Å². The number of nitrogens with one attached hydrogen (secondary N) is 2. The van der Waals surface area contributed by atoms with Gasteiger partial charge >= 0.3 is 0 Å². The molecule has 1 aromatic rings. The third-order valence-corrected chi connectivity index (χ3v) is 3.97. The molecule has 0 saturated carbocycles. The number of pyridine rings is 1. The molecule has 0 aliphatic carbocycles. The van der Waals surface area contributed by atoms with Crippen LogP contribution in [0.2, 0.25) is 0 Å². The van der Waals surface area contributed by atoms with Crippen LogP contribution < -0.4 is 15.5 Å². The Kier molecular flexibility index (Phi) is 5.56. The molecule has 0 bridgehead atoms. The Bertz CT molecular complexity index is 477. The standard InChI is InChI=1S/C16H26N4O/c1-4-8-17-12(3)13-7-6-9-18-15(13)20-11-10-19-16(21)14(20)5-2/h6-7,9,12,14,17H,4-5,8,10-11H2,1-3H3,(H,19,21). The molecule has 2 rings (SSSR count). The van der Waals surface area contributed by atoms with Gasteiger partial charge in [-0.1, -0.05) is 19.9 Å². The first kappa shape index (κ1) is 15.8. The molecule has 1 aliphatic heterocycles. The monoisotopic (exact) mass is 290 g/mol. The Labute approximate surface area is 127 Å². The minimum Gasteiger partial charge on any atom is -0.353 e. The fraction of sp³-hybridized carbons (Fsp3) is 0.625. The molecule has 2 unspecified atom stereocenters. The number of rotatable bonds is 6. The highest BCUT2D eigenvalue weighted by Gasteiger charge is 2.30. The summed E-state index contributed by atoms with van der Waals surface area (Å²) < 4.78 is 0. The molecule has 5 heteroatoms. The van der Waals surface area contributed by atoms with Crippen molar-refractivity contribution in [2.75, 3.05) is 24.5 Å². The highest BCUT2D eigenvalue weighted by atomic mass is 16.2. The third-order valence-electron chi connectivity index (χ3n) is 3.97. The van der Waals surface area contributed by atoms with Crippen molar-refractivity contribution in [2.45, 2.75) is 45.7 Å². The predicted octanol–water partition coefficient (Wildman–Crippen LogP) is 1.86. The summed E-state index contributed by atoms with van der Waals surface area (Å²) in [6, 6.07) is 4.19. The van der Waals surface area contributed by atoms with Crippen molar-refractivity contribution in [3.8, 4) is 0 Å². The number of amides is 1. The molecule has 1 amide bonds. The van der Waals surface area contributed by atoms with E-state index in [0.717, 1.165) is 31.7 Å². The highest BCUT2D eigenvalue weighted by molar-refractivity contribution is 5.86. The van der Waals surface area contributed by atoms with E-state index in [4.69, 9.17) is 0 Å². The van der Waals surface area contributed by atoms with Gasteiger partial charge < -0.3 is 15.5 Å². The first-order chi connectivity index (χ1) is 10.2. The fourth-order valence-electron chi connectivity index (χ4n) is 2.83. The first-order valence-corrected chi connectivity index (χ1v) is 7.91. The molecule has 116 valence electrons. The maximum Gasteiger partial charge on any atom is 0.242 e. The molecule has 2 atom stereocenters. The molecule has 1 fully saturated rings. The zero-order chi connectivity index (χ0) is 15.2. The van der Waals surface area contributed by atoms with Crippen LogP contribution in [0.3, 0.4) is 0 Å².